The van der Waals surface area contributed by atoms with Gasteiger partial charge in [0.05, 0.1) is 37.0 Å². The molecule has 28 heavy (non-hydrogen) atoms. The zero-order valence-electron chi connectivity index (χ0n) is 16.4. The van der Waals surface area contributed by atoms with Crippen LogP contribution in [0, 0.1) is 0 Å². The molecule has 3 rings (SSSR count). The Labute approximate surface area is 168 Å². The average Bonchev–Trinajstić information content (AvgIpc) is 3.20. The molecule has 0 bridgehead atoms. The highest BCUT2D eigenvalue weighted by atomic mass is 32.1. The van der Waals surface area contributed by atoms with Gasteiger partial charge < -0.3 is 19.7 Å². The second kappa shape index (κ2) is 9.05. The van der Waals surface area contributed by atoms with E-state index in [-0.39, 0.29) is 11.8 Å². The number of thiazole rings is 1. The third-order valence-corrected chi connectivity index (χ3v) is 5.91. The number of likely N-dealkylation sites (tertiary alicyclic amines) is 1. The molecule has 0 unspecified atom stereocenters. The molecule has 8 heteroatoms. The Morgan fingerprint density at radius 2 is 2.00 bits per heavy atom. The molecule has 0 atom stereocenters. The number of methoxy groups -OCH3 is 2. The van der Waals surface area contributed by atoms with Crippen LogP contribution in [0.4, 0.5) is 0 Å². The molecule has 0 aliphatic carbocycles. The molecule has 7 nitrogen and oxygen atoms in total. The molecule has 1 aliphatic heterocycles. The maximum Gasteiger partial charge on any atom is 0.257 e. The largest absolute Gasteiger partial charge is 0.497 e. The SMILES string of the molecule is COc1ccc(C(=O)N2CCC(c3nc(CNC(C)=O)cs3)CC2)c(OC)c1. The first-order valence-corrected chi connectivity index (χ1v) is 10.1. The zero-order chi connectivity index (χ0) is 20.1. The molecular weight excluding hydrogens is 378 g/mol. The predicted molar refractivity (Wildman–Crippen MR) is 107 cm³/mol. The van der Waals surface area contributed by atoms with Gasteiger partial charge in [0.25, 0.3) is 5.91 Å². The van der Waals surface area contributed by atoms with Gasteiger partial charge in [0.2, 0.25) is 5.91 Å². The number of benzene rings is 1. The molecule has 2 aromatic rings. The Kier molecular flexibility index (Phi) is 6.51. The van der Waals surface area contributed by atoms with Gasteiger partial charge in [-0.2, -0.15) is 0 Å². The van der Waals surface area contributed by atoms with Gasteiger partial charge in [0, 0.05) is 37.4 Å². The number of carbonyl (C=O) groups is 2. The van der Waals surface area contributed by atoms with Crippen LogP contribution in [-0.2, 0) is 11.3 Å². The van der Waals surface area contributed by atoms with E-state index >= 15 is 0 Å². The van der Waals surface area contributed by atoms with Gasteiger partial charge in [-0.15, -0.1) is 11.3 Å². The van der Waals surface area contributed by atoms with E-state index in [1.165, 1.54) is 6.92 Å². The van der Waals surface area contributed by atoms with E-state index in [0.29, 0.717) is 42.6 Å². The average molecular weight is 404 g/mol. The summed E-state index contributed by atoms with van der Waals surface area (Å²) in [5.74, 6) is 1.44. The number of amides is 2. The minimum atomic E-state index is -0.0599. The molecule has 1 aromatic carbocycles. The van der Waals surface area contributed by atoms with Crippen molar-refractivity contribution in [3.8, 4) is 11.5 Å². The van der Waals surface area contributed by atoms with Crippen LogP contribution in [0.25, 0.3) is 0 Å². The predicted octanol–water partition coefficient (Wildman–Crippen LogP) is 2.82. The number of piperidine rings is 1. The van der Waals surface area contributed by atoms with Crippen LogP contribution in [0.5, 0.6) is 11.5 Å². The van der Waals surface area contributed by atoms with E-state index in [4.69, 9.17) is 9.47 Å². The lowest BCUT2D eigenvalue weighted by atomic mass is 9.97. The molecule has 2 heterocycles. The van der Waals surface area contributed by atoms with Crippen molar-refractivity contribution in [3.05, 3.63) is 39.8 Å². The molecule has 0 radical (unpaired) electrons. The fraction of sp³-hybridized carbons (Fsp3) is 0.450. The summed E-state index contributed by atoms with van der Waals surface area (Å²) in [7, 11) is 3.14. The van der Waals surface area contributed by atoms with Gasteiger partial charge in [0.1, 0.15) is 11.5 Å². The van der Waals surface area contributed by atoms with E-state index in [2.05, 4.69) is 10.3 Å². The minimum Gasteiger partial charge on any atom is -0.497 e. The lowest BCUT2D eigenvalue weighted by Gasteiger charge is -2.31. The smallest absolute Gasteiger partial charge is 0.257 e. The highest BCUT2D eigenvalue weighted by Crippen LogP contribution is 2.32. The van der Waals surface area contributed by atoms with Crippen LogP contribution in [0.15, 0.2) is 23.6 Å². The number of hydrogen-bond acceptors (Lipinski definition) is 6. The number of aromatic nitrogens is 1. The Morgan fingerprint density at radius 1 is 1.25 bits per heavy atom. The van der Waals surface area contributed by atoms with E-state index in [1.807, 2.05) is 10.3 Å². The lowest BCUT2D eigenvalue weighted by molar-refractivity contribution is -0.119. The molecule has 1 aliphatic rings. The quantitative estimate of drug-likeness (QED) is 0.802. The first kappa shape index (κ1) is 20.1. The molecule has 1 N–H and O–H groups in total. The summed E-state index contributed by atoms with van der Waals surface area (Å²) in [6.07, 6.45) is 1.74. The van der Waals surface area contributed by atoms with E-state index in [1.54, 1.807) is 43.8 Å². The Bertz CT molecular complexity index is 844. The Morgan fingerprint density at radius 3 is 2.64 bits per heavy atom. The monoisotopic (exact) mass is 403 g/mol. The summed E-state index contributed by atoms with van der Waals surface area (Å²) >= 11 is 1.62. The summed E-state index contributed by atoms with van der Waals surface area (Å²) in [6.45, 7) is 3.32. The van der Waals surface area contributed by atoms with Crippen molar-refractivity contribution >= 4 is 23.2 Å². The number of hydrogen-bond donors (Lipinski definition) is 1. The molecule has 0 saturated carbocycles. The first-order valence-electron chi connectivity index (χ1n) is 9.22. The first-order chi connectivity index (χ1) is 13.5. The third kappa shape index (κ3) is 4.62. The highest BCUT2D eigenvalue weighted by Gasteiger charge is 2.27. The summed E-state index contributed by atoms with van der Waals surface area (Å²) < 4.78 is 10.6. The second-order valence-corrected chi connectivity index (χ2v) is 7.61. The van der Waals surface area contributed by atoms with Crippen LogP contribution >= 0.6 is 11.3 Å². The van der Waals surface area contributed by atoms with E-state index in [9.17, 15) is 9.59 Å². The van der Waals surface area contributed by atoms with E-state index in [0.717, 1.165) is 23.5 Å². The lowest BCUT2D eigenvalue weighted by Crippen LogP contribution is -2.38. The zero-order valence-corrected chi connectivity index (χ0v) is 17.2. The van der Waals surface area contributed by atoms with Gasteiger partial charge in [0.15, 0.2) is 0 Å². The molecule has 0 spiro atoms. The topological polar surface area (TPSA) is 80.8 Å². The summed E-state index contributed by atoms with van der Waals surface area (Å²) in [5.41, 5.74) is 1.44. The normalized spacial score (nSPS) is 14.6. The van der Waals surface area contributed by atoms with Gasteiger partial charge in [-0.3, -0.25) is 9.59 Å². The Hall–Kier alpha value is -2.61. The second-order valence-electron chi connectivity index (χ2n) is 6.72. The van der Waals surface area contributed by atoms with Crippen molar-refractivity contribution in [2.75, 3.05) is 27.3 Å². The summed E-state index contributed by atoms with van der Waals surface area (Å²) in [6, 6.07) is 5.25. The van der Waals surface area contributed by atoms with Gasteiger partial charge in [-0.1, -0.05) is 0 Å². The van der Waals surface area contributed by atoms with Crippen molar-refractivity contribution in [2.24, 2.45) is 0 Å². The summed E-state index contributed by atoms with van der Waals surface area (Å²) in [5, 5.41) is 5.84. The van der Waals surface area contributed by atoms with E-state index < -0.39 is 0 Å². The third-order valence-electron chi connectivity index (χ3n) is 4.86. The Balaban J connectivity index is 1.61. The van der Waals surface area contributed by atoms with Crippen molar-refractivity contribution < 1.29 is 19.1 Å². The minimum absolute atomic E-state index is 0.0246. The fourth-order valence-corrected chi connectivity index (χ4v) is 4.27. The van der Waals surface area contributed by atoms with Crippen molar-refractivity contribution in [2.45, 2.75) is 32.2 Å². The number of rotatable bonds is 6. The van der Waals surface area contributed by atoms with Crippen molar-refractivity contribution in [3.63, 3.8) is 0 Å². The van der Waals surface area contributed by atoms with Crippen LogP contribution in [-0.4, -0.2) is 49.0 Å². The van der Waals surface area contributed by atoms with Crippen LogP contribution in [0.1, 0.15) is 46.7 Å². The number of carbonyl (C=O) groups excluding carboxylic acids is 2. The number of nitrogens with one attached hydrogen (secondary N) is 1. The number of ether oxygens (including phenoxy) is 2. The summed E-state index contributed by atoms with van der Waals surface area (Å²) in [4.78, 5) is 30.5. The molecular formula is C20H25N3O4S. The van der Waals surface area contributed by atoms with Crippen LogP contribution in [0.3, 0.4) is 0 Å². The van der Waals surface area contributed by atoms with Crippen molar-refractivity contribution in [1.82, 2.24) is 15.2 Å². The van der Waals surface area contributed by atoms with Gasteiger partial charge in [-0.25, -0.2) is 4.98 Å². The van der Waals surface area contributed by atoms with Gasteiger partial charge in [-0.05, 0) is 25.0 Å². The van der Waals surface area contributed by atoms with Crippen LogP contribution in [0.2, 0.25) is 0 Å². The van der Waals surface area contributed by atoms with Gasteiger partial charge >= 0.3 is 0 Å². The molecule has 1 aromatic heterocycles. The maximum absolute atomic E-state index is 12.9. The maximum atomic E-state index is 12.9. The molecule has 1 saturated heterocycles. The molecule has 1 fully saturated rings. The van der Waals surface area contributed by atoms with Crippen molar-refractivity contribution in [1.29, 1.82) is 0 Å². The highest BCUT2D eigenvalue weighted by molar-refractivity contribution is 7.09. The standard InChI is InChI=1S/C20H25N3O4S/c1-13(24)21-11-15-12-28-19(22-15)14-6-8-23(9-7-14)20(25)17-5-4-16(26-2)10-18(17)27-3/h4-5,10,12,14H,6-9,11H2,1-3H3,(H,21,24). The van der Waals surface area contributed by atoms with Crippen LogP contribution < -0.4 is 14.8 Å². The molecule has 150 valence electrons. The fourth-order valence-electron chi connectivity index (χ4n) is 3.28. The molecule has 2 amide bonds. The number of nitrogens with zero attached hydrogens (tertiary/aromatic N) is 2.